The van der Waals surface area contributed by atoms with Crippen LogP contribution in [0.2, 0.25) is 0 Å². The summed E-state index contributed by atoms with van der Waals surface area (Å²) < 4.78 is 42.4. The highest BCUT2D eigenvalue weighted by molar-refractivity contribution is 5.93. The van der Waals surface area contributed by atoms with Crippen LogP contribution in [0.3, 0.4) is 0 Å². The van der Waals surface area contributed by atoms with Crippen LogP contribution in [0.4, 0.5) is 19.0 Å². The summed E-state index contributed by atoms with van der Waals surface area (Å²) in [5.41, 5.74) is 0.844. The van der Waals surface area contributed by atoms with Crippen molar-refractivity contribution in [3.63, 3.8) is 0 Å². The predicted octanol–water partition coefficient (Wildman–Crippen LogP) is 4.95. The minimum absolute atomic E-state index is 0.0495. The van der Waals surface area contributed by atoms with Crippen LogP contribution in [0.25, 0.3) is 0 Å². The Labute approximate surface area is 167 Å². The zero-order chi connectivity index (χ0) is 20.8. The Morgan fingerprint density at radius 3 is 2.41 bits per heavy atom. The van der Waals surface area contributed by atoms with E-state index in [-0.39, 0.29) is 35.9 Å². The van der Waals surface area contributed by atoms with Crippen molar-refractivity contribution < 1.29 is 18.0 Å². The van der Waals surface area contributed by atoms with Crippen molar-refractivity contribution in [2.24, 2.45) is 0 Å². The van der Waals surface area contributed by atoms with Gasteiger partial charge < -0.3 is 10.2 Å². The van der Waals surface area contributed by atoms with E-state index in [1.165, 1.54) is 6.07 Å². The van der Waals surface area contributed by atoms with E-state index in [4.69, 9.17) is 0 Å². The number of hydrogen-bond donors (Lipinski definition) is 1. The number of benzene rings is 1. The minimum atomic E-state index is -4.46. The Bertz CT molecular complexity index is 870. The van der Waals surface area contributed by atoms with Gasteiger partial charge in [0, 0.05) is 24.6 Å². The van der Waals surface area contributed by atoms with Crippen molar-refractivity contribution in [2.75, 3.05) is 5.32 Å². The number of carbonyl (C=O) groups excluding carboxylic acids is 1. The highest BCUT2D eigenvalue weighted by Crippen LogP contribution is 2.43. The summed E-state index contributed by atoms with van der Waals surface area (Å²) in [6, 6.07) is 8.34. The molecule has 1 fully saturated rings. The topological polar surface area (TPSA) is 50.2 Å². The number of piperidine rings is 1. The summed E-state index contributed by atoms with van der Waals surface area (Å²) in [4.78, 5) is 14.8. The fraction of sp³-hybridized carbons (Fsp3) is 0.524. The van der Waals surface area contributed by atoms with E-state index in [0.29, 0.717) is 0 Å². The smallest absolute Gasteiger partial charge is 0.363 e. The lowest BCUT2D eigenvalue weighted by atomic mass is 9.97. The summed E-state index contributed by atoms with van der Waals surface area (Å²) >= 11 is 0. The fourth-order valence-corrected chi connectivity index (χ4v) is 4.54. The molecule has 0 spiro atoms. The average Bonchev–Trinajstić information content (AvgIpc) is 3.11. The number of carbonyl (C=O) groups is 1. The van der Waals surface area contributed by atoms with Gasteiger partial charge in [-0.25, -0.2) is 4.68 Å². The predicted molar refractivity (Wildman–Crippen MR) is 104 cm³/mol. The van der Waals surface area contributed by atoms with E-state index in [0.717, 1.165) is 29.5 Å². The molecule has 0 bridgehead atoms. The largest absolute Gasteiger partial charge is 0.410 e. The molecule has 3 heterocycles. The number of aromatic nitrogens is 2. The summed E-state index contributed by atoms with van der Waals surface area (Å²) in [5.74, 6) is -0.0707. The third-order valence-corrected chi connectivity index (χ3v) is 6.04. The van der Waals surface area contributed by atoms with Gasteiger partial charge in [0.25, 0.3) is 5.91 Å². The van der Waals surface area contributed by atoms with Crippen LogP contribution >= 0.6 is 0 Å². The molecule has 2 aromatic rings. The summed E-state index contributed by atoms with van der Waals surface area (Å²) in [6.07, 6.45) is -1.80. The molecule has 1 aromatic heterocycles. The number of fused-ring (bicyclic) bond motifs is 1. The first kappa shape index (κ1) is 19.8. The molecule has 0 unspecified atom stereocenters. The summed E-state index contributed by atoms with van der Waals surface area (Å²) in [5, 5.41) is 7.26. The molecule has 1 saturated heterocycles. The molecule has 0 aliphatic carbocycles. The van der Waals surface area contributed by atoms with Gasteiger partial charge in [0.2, 0.25) is 0 Å². The fourth-order valence-electron chi connectivity index (χ4n) is 4.54. The van der Waals surface area contributed by atoms with Gasteiger partial charge in [0.05, 0.1) is 6.04 Å². The number of anilines is 1. The second-order valence-corrected chi connectivity index (χ2v) is 8.10. The molecule has 156 valence electrons. The Balaban J connectivity index is 1.68. The third kappa shape index (κ3) is 3.72. The van der Waals surface area contributed by atoms with Crippen molar-refractivity contribution in [2.45, 2.75) is 69.9 Å². The maximum absolute atomic E-state index is 13.8. The number of nitrogens with zero attached hydrogens (tertiary/aromatic N) is 3. The molecule has 5 nitrogen and oxygen atoms in total. The lowest BCUT2D eigenvalue weighted by Gasteiger charge is -2.38. The van der Waals surface area contributed by atoms with E-state index < -0.39 is 18.3 Å². The van der Waals surface area contributed by atoms with E-state index in [2.05, 4.69) is 10.4 Å². The number of rotatable bonds is 2. The first-order chi connectivity index (χ1) is 13.8. The van der Waals surface area contributed by atoms with Gasteiger partial charge in [-0.3, -0.25) is 4.79 Å². The van der Waals surface area contributed by atoms with Crippen molar-refractivity contribution in [3.8, 4) is 0 Å². The summed E-state index contributed by atoms with van der Waals surface area (Å²) in [7, 11) is 0. The van der Waals surface area contributed by atoms with Crippen LogP contribution in [0.5, 0.6) is 0 Å². The number of halogens is 3. The molecule has 2 aliphatic heterocycles. The Morgan fingerprint density at radius 1 is 1.14 bits per heavy atom. The SMILES string of the molecule is C[C@H]1CCC[C@H](C)N1C(=O)c1cc2n(n1)[C@H](C(F)(F)F)C[C@H](c1ccccc1)N2. The zero-order valence-electron chi connectivity index (χ0n) is 16.5. The monoisotopic (exact) mass is 406 g/mol. The van der Waals surface area contributed by atoms with Crippen LogP contribution in [-0.2, 0) is 0 Å². The van der Waals surface area contributed by atoms with Gasteiger partial charge in [0.1, 0.15) is 5.82 Å². The summed E-state index contributed by atoms with van der Waals surface area (Å²) in [6.45, 7) is 3.96. The molecule has 1 N–H and O–H groups in total. The zero-order valence-corrected chi connectivity index (χ0v) is 16.5. The van der Waals surface area contributed by atoms with Gasteiger partial charge in [-0.05, 0) is 38.7 Å². The molecule has 1 aromatic carbocycles. The van der Waals surface area contributed by atoms with Crippen molar-refractivity contribution >= 4 is 11.7 Å². The first-order valence-electron chi connectivity index (χ1n) is 10.1. The van der Waals surface area contributed by atoms with Crippen LogP contribution in [0, 0.1) is 0 Å². The number of likely N-dealkylation sites (tertiary alicyclic amines) is 1. The van der Waals surface area contributed by atoms with Crippen molar-refractivity contribution in [1.29, 1.82) is 0 Å². The van der Waals surface area contributed by atoms with Crippen LogP contribution in [0.15, 0.2) is 36.4 Å². The van der Waals surface area contributed by atoms with Gasteiger partial charge >= 0.3 is 6.18 Å². The molecule has 2 aliphatic rings. The molecule has 29 heavy (non-hydrogen) atoms. The molecular weight excluding hydrogens is 381 g/mol. The average molecular weight is 406 g/mol. The second kappa shape index (κ2) is 7.39. The first-order valence-corrected chi connectivity index (χ1v) is 10.1. The van der Waals surface area contributed by atoms with E-state index in [1.54, 1.807) is 29.2 Å². The maximum Gasteiger partial charge on any atom is 0.410 e. The van der Waals surface area contributed by atoms with E-state index >= 15 is 0 Å². The highest BCUT2D eigenvalue weighted by atomic mass is 19.4. The number of hydrogen-bond acceptors (Lipinski definition) is 3. The normalized spacial score (nSPS) is 27.3. The second-order valence-electron chi connectivity index (χ2n) is 8.10. The lowest BCUT2D eigenvalue weighted by Crippen LogP contribution is -2.47. The van der Waals surface area contributed by atoms with Crippen LogP contribution in [0.1, 0.15) is 67.7 Å². The molecule has 4 atom stereocenters. The van der Waals surface area contributed by atoms with Crippen molar-refractivity contribution in [3.05, 3.63) is 47.7 Å². The molecular formula is C21H25F3N4O. The number of nitrogens with one attached hydrogen (secondary N) is 1. The van der Waals surface area contributed by atoms with Gasteiger partial charge in [-0.1, -0.05) is 30.3 Å². The third-order valence-electron chi connectivity index (χ3n) is 6.04. The van der Waals surface area contributed by atoms with Crippen molar-refractivity contribution in [1.82, 2.24) is 14.7 Å². The van der Waals surface area contributed by atoms with Gasteiger partial charge in [0.15, 0.2) is 11.7 Å². The molecule has 1 amide bonds. The van der Waals surface area contributed by atoms with Gasteiger partial charge in [-0.15, -0.1) is 0 Å². The van der Waals surface area contributed by atoms with E-state index in [1.807, 2.05) is 19.9 Å². The minimum Gasteiger partial charge on any atom is -0.363 e. The number of amides is 1. The Kier molecular flexibility index (Phi) is 5.04. The molecule has 0 saturated carbocycles. The maximum atomic E-state index is 13.8. The Morgan fingerprint density at radius 2 is 1.79 bits per heavy atom. The van der Waals surface area contributed by atoms with Crippen LogP contribution in [-0.4, -0.2) is 38.8 Å². The molecule has 0 radical (unpaired) electrons. The van der Waals surface area contributed by atoms with Gasteiger partial charge in [-0.2, -0.15) is 18.3 Å². The Hall–Kier alpha value is -2.51. The molecule has 8 heteroatoms. The van der Waals surface area contributed by atoms with E-state index in [9.17, 15) is 18.0 Å². The number of alkyl halides is 3. The van der Waals surface area contributed by atoms with Crippen LogP contribution < -0.4 is 5.32 Å². The standard InChI is InChI=1S/C21H25F3N4O/c1-13-7-6-8-14(2)27(13)20(29)17-12-19-25-16(15-9-4-3-5-10-15)11-18(21(22,23)24)28(19)26-17/h3-5,9-10,12-14,16,18,25H,6-8,11H2,1-2H3/t13-,14-,16+,18-/m0/s1. The quantitative estimate of drug-likeness (QED) is 0.768. The lowest BCUT2D eigenvalue weighted by molar-refractivity contribution is -0.173. The molecule has 4 rings (SSSR count). The highest BCUT2D eigenvalue weighted by Gasteiger charge is 2.47.